The van der Waals surface area contributed by atoms with Gasteiger partial charge in [0.15, 0.2) is 5.82 Å². The Hall–Kier alpha value is -2.51. The van der Waals surface area contributed by atoms with E-state index in [-0.39, 0.29) is 5.82 Å². The monoisotopic (exact) mass is 313 g/mol. The second-order valence-electron chi connectivity index (χ2n) is 4.77. The number of anilines is 1. The van der Waals surface area contributed by atoms with E-state index in [0.29, 0.717) is 11.3 Å². The number of aromatic nitrogens is 1. The van der Waals surface area contributed by atoms with Crippen LogP contribution in [0.3, 0.4) is 0 Å². The maximum Gasteiger partial charge on any atom is 0.416 e. The Bertz CT molecular complexity index is 667. The van der Waals surface area contributed by atoms with Gasteiger partial charge in [-0.05, 0) is 31.5 Å². The first-order valence-electron chi connectivity index (χ1n) is 6.43. The van der Waals surface area contributed by atoms with E-state index >= 15 is 0 Å². The number of benzene rings is 1. The molecule has 2 aromatic rings. The molecule has 1 aromatic heterocycles. The van der Waals surface area contributed by atoms with Crippen molar-refractivity contribution in [1.29, 1.82) is 0 Å². The molecule has 0 aliphatic rings. The molecule has 2 amide bonds. The Morgan fingerprint density at radius 1 is 1.32 bits per heavy atom. The third-order valence-corrected chi connectivity index (χ3v) is 2.93. The number of nitrogens with zero attached hydrogens (tertiary/aromatic N) is 1. The molecule has 0 aliphatic carbocycles. The predicted molar refractivity (Wildman–Crippen MR) is 73.3 cm³/mol. The van der Waals surface area contributed by atoms with E-state index in [2.05, 4.69) is 15.8 Å². The summed E-state index contributed by atoms with van der Waals surface area (Å²) in [6, 6.07) is 5.14. The maximum atomic E-state index is 12.7. The van der Waals surface area contributed by atoms with Crippen molar-refractivity contribution in [1.82, 2.24) is 10.5 Å². The lowest BCUT2D eigenvalue weighted by Crippen LogP contribution is -2.31. The molecule has 0 saturated heterocycles. The number of urea groups is 1. The quantitative estimate of drug-likeness (QED) is 0.903. The molecule has 5 nitrogen and oxygen atoms in total. The first-order valence-corrected chi connectivity index (χ1v) is 6.43. The number of alkyl halides is 3. The van der Waals surface area contributed by atoms with Gasteiger partial charge in [0.25, 0.3) is 0 Å². The van der Waals surface area contributed by atoms with Crippen LogP contribution in [0.4, 0.5) is 23.8 Å². The fourth-order valence-electron chi connectivity index (χ4n) is 1.84. The van der Waals surface area contributed by atoms with Gasteiger partial charge in [-0.3, -0.25) is 5.32 Å². The molecule has 1 atom stereocenters. The van der Waals surface area contributed by atoms with Crippen LogP contribution in [0.5, 0.6) is 0 Å². The predicted octanol–water partition coefficient (Wildman–Crippen LogP) is 3.88. The highest BCUT2D eigenvalue weighted by molar-refractivity contribution is 5.88. The first kappa shape index (κ1) is 15.9. The molecule has 0 unspecified atom stereocenters. The van der Waals surface area contributed by atoms with Gasteiger partial charge in [-0.15, -0.1) is 0 Å². The van der Waals surface area contributed by atoms with Crippen molar-refractivity contribution < 1.29 is 22.5 Å². The van der Waals surface area contributed by atoms with Crippen LogP contribution in [-0.4, -0.2) is 11.2 Å². The second-order valence-corrected chi connectivity index (χ2v) is 4.77. The zero-order valence-electron chi connectivity index (χ0n) is 11.9. The number of amides is 2. The number of halogens is 3. The van der Waals surface area contributed by atoms with Crippen molar-refractivity contribution in [2.45, 2.75) is 26.1 Å². The summed E-state index contributed by atoms with van der Waals surface area (Å²) >= 11 is 0. The van der Waals surface area contributed by atoms with Crippen molar-refractivity contribution >= 4 is 11.8 Å². The van der Waals surface area contributed by atoms with Crippen LogP contribution >= 0.6 is 0 Å². The number of rotatable bonds is 3. The SMILES string of the molecule is Cc1cc(NC(=O)N[C@H](C)c2cccc(C(F)(F)F)c2)no1. The Labute approximate surface area is 124 Å². The number of hydrogen-bond acceptors (Lipinski definition) is 3. The van der Waals surface area contributed by atoms with Gasteiger partial charge >= 0.3 is 12.2 Å². The zero-order chi connectivity index (χ0) is 16.3. The number of carbonyl (C=O) groups excluding carboxylic acids is 1. The molecule has 1 heterocycles. The van der Waals surface area contributed by atoms with Crippen LogP contribution in [0.1, 0.15) is 29.9 Å². The average molecular weight is 313 g/mol. The van der Waals surface area contributed by atoms with Gasteiger partial charge in [0.05, 0.1) is 11.6 Å². The Morgan fingerprint density at radius 2 is 2.05 bits per heavy atom. The summed E-state index contributed by atoms with van der Waals surface area (Å²) in [4.78, 5) is 11.8. The van der Waals surface area contributed by atoms with E-state index in [1.54, 1.807) is 13.8 Å². The lowest BCUT2D eigenvalue weighted by molar-refractivity contribution is -0.137. The molecule has 0 saturated carbocycles. The van der Waals surface area contributed by atoms with Gasteiger partial charge in [-0.1, -0.05) is 17.3 Å². The molecule has 2 rings (SSSR count). The molecular formula is C14H14F3N3O2. The van der Waals surface area contributed by atoms with Crippen LogP contribution in [0.25, 0.3) is 0 Å². The second kappa shape index (κ2) is 6.08. The minimum absolute atomic E-state index is 0.228. The third-order valence-electron chi connectivity index (χ3n) is 2.93. The Kier molecular flexibility index (Phi) is 4.39. The lowest BCUT2D eigenvalue weighted by atomic mass is 10.1. The molecule has 1 aromatic carbocycles. The fourth-order valence-corrected chi connectivity index (χ4v) is 1.84. The van der Waals surface area contributed by atoms with Crippen LogP contribution in [0.2, 0.25) is 0 Å². The Morgan fingerprint density at radius 3 is 2.64 bits per heavy atom. The van der Waals surface area contributed by atoms with Crippen LogP contribution in [0.15, 0.2) is 34.9 Å². The molecule has 2 N–H and O–H groups in total. The van der Waals surface area contributed by atoms with Crippen molar-refractivity contribution in [3.05, 3.63) is 47.2 Å². The largest absolute Gasteiger partial charge is 0.416 e. The molecule has 0 bridgehead atoms. The molecule has 0 fully saturated rings. The van der Waals surface area contributed by atoms with Gasteiger partial charge in [0.2, 0.25) is 0 Å². The number of hydrogen-bond donors (Lipinski definition) is 2. The van der Waals surface area contributed by atoms with Crippen LogP contribution in [-0.2, 0) is 6.18 Å². The molecule has 118 valence electrons. The molecule has 0 aliphatic heterocycles. The van der Waals surface area contributed by atoms with Gasteiger partial charge < -0.3 is 9.84 Å². The number of carbonyl (C=O) groups is 1. The van der Waals surface area contributed by atoms with Gasteiger partial charge in [0, 0.05) is 6.07 Å². The molecule has 22 heavy (non-hydrogen) atoms. The summed E-state index contributed by atoms with van der Waals surface area (Å²) in [6.07, 6.45) is -4.42. The molecule has 8 heteroatoms. The summed E-state index contributed by atoms with van der Waals surface area (Å²) in [7, 11) is 0. The fraction of sp³-hybridized carbons (Fsp3) is 0.286. The summed E-state index contributed by atoms with van der Waals surface area (Å²) in [5.74, 6) is 0.757. The van der Waals surface area contributed by atoms with Crippen molar-refractivity contribution in [3.63, 3.8) is 0 Å². The zero-order valence-corrected chi connectivity index (χ0v) is 11.9. The highest BCUT2D eigenvalue weighted by Gasteiger charge is 2.30. The molecule has 0 radical (unpaired) electrons. The normalized spacial score (nSPS) is 12.8. The standard InChI is InChI=1S/C14H14F3N3O2/c1-8-6-12(20-22-8)19-13(21)18-9(2)10-4-3-5-11(7-10)14(15,16)17/h3-7,9H,1-2H3,(H2,18,19,20,21)/t9-/m1/s1. The Balaban J connectivity index is 2.02. The molecule has 0 spiro atoms. The minimum atomic E-state index is -4.42. The van der Waals surface area contributed by atoms with Crippen molar-refractivity contribution in [2.24, 2.45) is 0 Å². The maximum absolute atomic E-state index is 12.7. The van der Waals surface area contributed by atoms with Crippen LogP contribution in [0, 0.1) is 6.92 Å². The van der Waals surface area contributed by atoms with Crippen molar-refractivity contribution in [3.8, 4) is 0 Å². The first-order chi connectivity index (χ1) is 10.3. The summed E-state index contributed by atoms with van der Waals surface area (Å²) < 4.78 is 42.8. The molecular weight excluding hydrogens is 299 g/mol. The average Bonchev–Trinajstić information content (AvgIpc) is 2.83. The van der Waals surface area contributed by atoms with E-state index < -0.39 is 23.8 Å². The smallest absolute Gasteiger partial charge is 0.360 e. The number of nitrogens with one attached hydrogen (secondary N) is 2. The van der Waals surface area contributed by atoms with E-state index in [0.717, 1.165) is 12.1 Å². The highest BCUT2D eigenvalue weighted by Crippen LogP contribution is 2.30. The van der Waals surface area contributed by atoms with E-state index in [9.17, 15) is 18.0 Å². The highest BCUT2D eigenvalue weighted by atomic mass is 19.4. The van der Waals surface area contributed by atoms with Crippen molar-refractivity contribution in [2.75, 3.05) is 5.32 Å². The minimum Gasteiger partial charge on any atom is -0.360 e. The topological polar surface area (TPSA) is 67.2 Å². The van der Waals surface area contributed by atoms with E-state index in [1.165, 1.54) is 18.2 Å². The van der Waals surface area contributed by atoms with Crippen LogP contribution < -0.4 is 10.6 Å². The van der Waals surface area contributed by atoms with E-state index in [1.807, 2.05) is 0 Å². The summed E-state index contributed by atoms with van der Waals surface area (Å²) in [6.45, 7) is 3.25. The number of aryl methyl sites for hydroxylation is 1. The van der Waals surface area contributed by atoms with Gasteiger partial charge in [-0.25, -0.2) is 4.79 Å². The summed E-state index contributed by atoms with van der Waals surface area (Å²) in [5, 5.41) is 8.55. The third kappa shape index (κ3) is 4.00. The summed E-state index contributed by atoms with van der Waals surface area (Å²) in [5.41, 5.74) is -0.410. The lowest BCUT2D eigenvalue weighted by Gasteiger charge is -2.16. The van der Waals surface area contributed by atoms with Gasteiger partial charge in [0.1, 0.15) is 5.76 Å². The van der Waals surface area contributed by atoms with E-state index in [4.69, 9.17) is 4.52 Å². The van der Waals surface area contributed by atoms with Gasteiger partial charge in [-0.2, -0.15) is 13.2 Å².